The minimum absolute atomic E-state index is 0.00716. The predicted octanol–water partition coefficient (Wildman–Crippen LogP) is 3.99. The maximum atomic E-state index is 12.5. The van der Waals surface area contributed by atoms with Gasteiger partial charge >= 0.3 is 0 Å². The zero-order valence-corrected chi connectivity index (χ0v) is 17.6. The summed E-state index contributed by atoms with van der Waals surface area (Å²) in [5.41, 5.74) is 8.75. The summed E-state index contributed by atoms with van der Waals surface area (Å²) in [6, 6.07) is 0. The number of hydrogen-bond donors (Lipinski definition) is 3. The Morgan fingerprint density at radius 1 is 1.17 bits per heavy atom. The molecule has 1 amide bonds. The second-order valence-electron chi connectivity index (χ2n) is 7.80. The Hall–Kier alpha value is -3.19. The van der Waals surface area contributed by atoms with Gasteiger partial charge in [-0.1, -0.05) is 6.58 Å². The van der Waals surface area contributed by atoms with Gasteiger partial charge in [0.2, 0.25) is 5.28 Å². The van der Waals surface area contributed by atoms with Crippen molar-refractivity contribution in [2.45, 2.75) is 33.1 Å². The normalized spacial score (nSPS) is 14.4. The molecule has 152 valence electrons. The first-order valence-electron chi connectivity index (χ1n) is 9.90. The maximum Gasteiger partial charge on any atom is 0.253 e. The zero-order chi connectivity index (χ0) is 21.0. The molecule has 0 saturated carbocycles. The van der Waals surface area contributed by atoms with Crippen LogP contribution in [0.15, 0.2) is 19.0 Å². The van der Waals surface area contributed by atoms with E-state index in [1.165, 1.54) is 0 Å². The topological polar surface area (TPSA) is 95.6 Å². The van der Waals surface area contributed by atoms with E-state index in [9.17, 15) is 4.79 Å². The van der Waals surface area contributed by atoms with Crippen molar-refractivity contribution in [2.24, 2.45) is 0 Å². The first kappa shape index (κ1) is 18.8. The fourth-order valence-electron chi connectivity index (χ4n) is 4.37. The molecular weight excluding hydrogens is 400 g/mol. The van der Waals surface area contributed by atoms with Crippen LogP contribution in [0.5, 0.6) is 0 Å². The summed E-state index contributed by atoms with van der Waals surface area (Å²) in [7, 11) is 0. The monoisotopic (exact) mass is 420 g/mol. The van der Waals surface area contributed by atoms with Crippen LogP contribution in [-0.4, -0.2) is 32.4 Å². The van der Waals surface area contributed by atoms with Gasteiger partial charge in [-0.3, -0.25) is 4.79 Å². The van der Waals surface area contributed by atoms with Crippen molar-refractivity contribution in [1.82, 2.24) is 25.3 Å². The van der Waals surface area contributed by atoms with Gasteiger partial charge in [0.05, 0.1) is 11.3 Å². The third-order valence-corrected chi connectivity index (χ3v) is 5.91. The summed E-state index contributed by atoms with van der Waals surface area (Å²) in [4.78, 5) is 29.1. The third-order valence-electron chi connectivity index (χ3n) is 5.73. The van der Waals surface area contributed by atoms with Crippen LogP contribution in [-0.2, 0) is 19.3 Å². The van der Waals surface area contributed by atoms with Crippen molar-refractivity contribution in [3.63, 3.8) is 0 Å². The fraction of sp³-hybridized carbons (Fsp3) is 0.273. The number of nitrogens with zero attached hydrogens (tertiary/aromatic N) is 3. The molecular formula is C22H21ClN6O. The molecule has 1 aliphatic carbocycles. The molecule has 1 aliphatic heterocycles. The molecule has 0 radical (unpaired) electrons. The molecule has 30 heavy (non-hydrogen) atoms. The third kappa shape index (κ3) is 2.89. The van der Waals surface area contributed by atoms with Gasteiger partial charge in [0.25, 0.3) is 5.91 Å². The molecule has 2 aliphatic rings. The number of allylic oxidation sites excluding steroid dienone is 1. The molecule has 0 spiro atoms. The minimum Gasteiger partial charge on any atom is -0.357 e. The van der Waals surface area contributed by atoms with Crippen LogP contribution >= 0.6 is 11.6 Å². The quantitative estimate of drug-likeness (QED) is 0.557. The molecule has 0 aromatic carbocycles. The van der Waals surface area contributed by atoms with Gasteiger partial charge in [-0.15, -0.1) is 0 Å². The van der Waals surface area contributed by atoms with Crippen LogP contribution in [0.25, 0.3) is 16.8 Å². The second kappa shape index (κ2) is 6.95. The van der Waals surface area contributed by atoms with Gasteiger partial charge in [0.1, 0.15) is 11.6 Å². The van der Waals surface area contributed by atoms with Gasteiger partial charge in [-0.25, -0.2) is 15.0 Å². The van der Waals surface area contributed by atoms with Crippen molar-refractivity contribution in [3.05, 3.63) is 57.8 Å². The Morgan fingerprint density at radius 3 is 2.80 bits per heavy atom. The van der Waals surface area contributed by atoms with Crippen molar-refractivity contribution < 1.29 is 4.79 Å². The number of carbonyl (C=O) groups is 1. The number of hydrogen-bond acceptors (Lipinski definition) is 5. The van der Waals surface area contributed by atoms with E-state index in [1.807, 2.05) is 20.0 Å². The Balaban J connectivity index is 1.70. The molecule has 0 unspecified atom stereocenters. The number of halogens is 1. The smallest absolute Gasteiger partial charge is 0.253 e. The summed E-state index contributed by atoms with van der Waals surface area (Å²) >= 11 is 6.00. The number of aromatic nitrogens is 4. The highest BCUT2D eigenvalue weighted by molar-refractivity contribution is 6.28. The molecule has 5 rings (SSSR count). The van der Waals surface area contributed by atoms with Gasteiger partial charge in [0, 0.05) is 47.7 Å². The van der Waals surface area contributed by atoms with E-state index in [-0.39, 0.29) is 11.2 Å². The van der Waals surface area contributed by atoms with Crippen molar-refractivity contribution in [1.29, 1.82) is 0 Å². The molecule has 0 saturated heterocycles. The summed E-state index contributed by atoms with van der Waals surface area (Å²) in [6.07, 6.45) is 6.01. The maximum absolute atomic E-state index is 12.5. The second-order valence-corrected chi connectivity index (χ2v) is 8.13. The standard InChI is InChI=1S/C22H21ClN6O/c1-10(2)15-16-12(9-25-20(15)28-19-11(3)8-26-22(23)29-19)4-5-13-17-14(27-18(13)16)6-7-24-21(17)30/h8-9,27H,1,4-7H2,2-3H3,(H,24,30)(H,25,26,28,29). The molecule has 0 bridgehead atoms. The van der Waals surface area contributed by atoms with Crippen molar-refractivity contribution in [2.75, 3.05) is 11.9 Å². The highest BCUT2D eigenvalue weighted by Crippen LogP contribution is 2.43. The Kier molecular flexibility index (Phi) is 4.36. The van der Waals surface area contributed by atoms with Crippen LogP contribution in [0.1, 0.15) is 45.2 Å². The number of aromatic amines is 1. The van der Waals surface area contributed by atoms with Gasteiger partial charge in [-0.2, -0.15) is 0 Å². The lowest BCUT2D eigenvalue weighted by Gasteiger charge is -2.23. The molecule has 7 nitrogen and oxygen atoms in total. The Labute approximate surface area is 179 Å². The molecule has 0 atom stereocenters. The van der Waals surface area contributed by atoms with E-state index in [4.69, 9.17) is 11.6 Å². The molecule has 0 fully saturated rings. The SMILES string of the molecule is C=C(C)c1c(Nc2nc(Cl)ncc2C)ncc2c1-c1[nH]c3c(c1CC2)C(=O)NCC3. The largest absolute Gasteiger partial charge is 0.357 e. The van der Waals surface area contributed by atoms with Crippen molar-refractivity contribution in [3.8, 4) is 11.3 Å². The molecule has 3 aromatic rings. The average molecular weight is 421 g/mol. The molecule has 3 aromatic heterocycles. The van der Waals surface area contributed by atoms with E-state index < -0.39 is 0 Å². The first-order chi connectivity index (χ1) is 14.4. The van der Waals surface area contributed by atoms with E-state index in [0.29, 0.717) is 18.2 Å². The van der Waals surface area contributed by atoms with E-state index in [1.54, 1.807) is 6.20 Å². The minimum atomic E-state index is 0.00716. The number of pyridine rings is 1. The lowest BCUT2D eigenvalue weighted by Crippen LogP contribution is -2.32. The molecule has 8 heteroatoms. The highest BCUT2D eigenvalue weighted by Gasteiger charge is 2.32. The number of rotatable bonds is 3. The number of nitrogens with one attached hydrogen (secondary N) is 3. The van der Waals surface area contributed by atoms with Gasteiger partial charge in [0.15, 0.2) is 0 Å². The Morgan fingerprint density at radius 2 is 2.00 bits per heavy atom. The van der Waals surface area contributed by atoms with Crippen LogP contribution in [0.3, 0.4) is 0 Å². The average Bonchev–Trinajstić information content (AvgIpc) is 3.10. The number of carbonyl (C=O) groups excluding carboxylic acids is 1. The van der Waals surface area contributed by atoms with Gasteiger partial charge in [-0.05, 0) is 55.0 Å². The summed E-state index contributed by atoms with van der Waals surface area (Å²) in [6.45, 7) is 8.74. The van der Waals surface area contributed by atoms with Crippen LogP contribution in [0, 0.1) is 6.92 Å². The summed E-state index contributed by atoms with van der Waals surface area (Å²) < 4.78 is 0. The number of anilines is 2. The predicted molar refractivity (Wildman–Crippen MR) is 117 cm³/mol. The lowest BCUT2D eigenvalue weighted by atomic mass is 9.84. The number of amides is 1. The van der Waals surface area contributed by atoms with Crippen LogP contribution in [0.4, 0.5) is 11.6 Å². The lowest BCUT2D eigenvalue weighted by molar-refractivity contribution is 0.0945. The fourth-order valence-corrected chi connectivity index (χ4v) is 4.50. The first-order valence-corrected chi connectivity index (χ1v) is 10.3. The summed E-state index contributed by atoms with van der Waals surface area (Å²) in [5.74, 6) is 1.27. The summed E-state index contributed by atoms with van der Waals surface area (Å²) in [5, 5.41) is 6.45. The van der Waals surface area contributed by atoms with Crippen LogP contribution in [0.2, 0.25) is 5.28 Å². The van der Waals surface area contributed by atoms with E-state index in [0.717, 1.165) is 69.6 Å². The zero-order valence-electron chi connectivity index (χ0n) is 16.8. The number of fused-ring (bicyclic) bond motifs is 5. The Bertz CT molecular complexity index is 1230. The number of H-pyrrole nitrogens is 1. The molecule has 4 heterocycles. The van der Waals surface area contributed by atoms with Crippen LogP contribution < -0.4 is 10.6 Å². The van der Waals surface area contributed by atoms with Gasteiger partial charge < -0.3 is 15.6 Å². The van der Waals surface area contributed by atoms with Crippen molar-refractivity contribution >= 4 is 34.7 Å². The van der Waals surface area contributed by atoms with E-state index >= 15 is 0 Å². The molecule has 3 N–H and O–H groups in total. The number of aryl methyl sites for hydroxylation is 2. The van der Waals surface area contributed by atoms with E-state index in [2.05, 4.69) is 37.1 Å². The highest BCUT2D eigenvalue weighted by atomic mass is 35.5.